The third-order valence-electron chi connectivity index (χ3n) is 5.47. The molecule has 0 saturated heterocycles. The van der Waals surface area contributed by atoms with Gasteiger partial charge in [-0.2, -0.15) is 0 Å². The lowest BCUT2D eigenvalue weighted by molar-refractivity contribution is 0.0936. The van der Waals surface area contributed by atoms with Gasteiger partial charge in [0.15, 0.2) is 11.0 Å². The summed E-state index contributed by atoms with van der Waals surface area (Å²) in [5.41, 5.74) is 2.02. The van der Waals surface area contributed by atoms with E-state index >= 15 is 0 Å². The standard InChI is InChI=1S/C23H20FN5OS/c24-14-9-10-19-20(13-14)31-23(29-19)28-18-8-3-7-17(18)27-22(30)16-6-2-1-5-15(16)21-25-11-4-12-26-21/h1-2,4-6,9-13,17-18H,3,7-8H2,(H,27,30)(H,28,29)/t17-,18+/m1/s1. The number of halogens is 1. The molecule has 5 rings (SSSR count). The summed E-state index contributed by atoms with van der Waals surface area (Å²) in [5.74, 6) is 0.110. The van der Waals surface area contributed by atoms with Gasteiger partial charge in [-0.25, -0.2) is 19.3 Å². The van der Waals surface area contributed by atoms with E-state index in [0.29, 0.717) is 17.0 Å². The van der Waals surface area contributed by atoms with Crippen molar-refractivity contribution in [3.63, 3.8) is 0 Å². The molecule has 0 spiro atoms. The molecule has 0 radical (unpaired) electrons. The molecule has 2 N–H and O–H groups in total. The highest BCUT2D eigenvalue weighted by Gasteiger charge is 2.30. The smallest absolute Gasteiger partial charge is 0.252 e. The van der Waals surface area contributed by atoms with Crippen molar-refractivity contribution in [2.75, 3.05) is 5.32 Å². The van der Waals surface area contributed by atoms with Crippen molar-refractivity contribution in [3.05, 3.63) is 72.3 Å². The van der Waals surface area contributed by atoms with Crippen molar-refractivity contribution in [2.45, 2.75) is 31.3 Å². The minimum Gasteiger partial charge on any atom is -0.357 e. The fourth-order valence-electron chi connectivity index (χ4n) is 3.98. The van der Waals surface area contributed by atoms with E-state index in [1.54, 1.807) is 30.6 Å². The molecule has 1 fully saturated rings. The Morgan fingerprint density at radius 1 is 1.03 bits per heavy atom. The van der Waals surface area contributed by atoms with Crippen LogP contribution in [0.4, 0.5) is 9.52 Å². The molecule has 0 unspecified atom stereocenters. The maximum absolute atomic E-state index is 13.5. The number of thiazole rings is 1. The Hall–Kier alpha value is -3.39. The minimum absolute atomic E-state index is 0.0269. The molecule has 1 aliphatic rings. The third-order valence-corrected chi connectivity index (χ3v) is 6.42. The van der Waals surface area contributed by atoms with Crippen molar-refractivity contribution in [1.29, 1.82) is 0 Å². The van der Waals surface area contributed by atoms with Gasteiger partial charge >= 0.3 is 0 Å². The quantitative estimate of drug-likeness (QED) is 0.479. The predicted octanol–water partition coefficient (Wildman–Crippen LogP) is 4.66. The highest BCUT2D eigenvalue weighted by Crippen LogP contribution is 2.30. The number of benzene rings is 2. The lowest BCUT2D eigenvalue weighted by Crippen LogP contribution is -2.43. The van der Waals surface area contributed by atoms with Crippen LogP contribution in [0.25, 0.3) is 21.6 Å². The molecule has 2 aromatic heterocycles. The second kappa shape index (κ2) is 8.39. The zero-order chi connectivity index (χ0) is 21.2. The van der Waals surface area contributed by atoms with Gasteiger partial charge in [-0.3, -0.25) is 4.79 Å². The molecule has 1 saturated carbocycles. The molecule has 8 heteroatoms. The monoisotopic (exact) mass is 433 g/mol. The molecule has 2 aromatic carbocycles. The van der Waals surface area contributed by atoms with E-state index in [4.69, 9.17) is 0 Å². The van der Waals surface area contributed by atoms with Crippen molar-refractivity contribution >= 4 is 32.6 Å². The number of anilines is 1. The Morgan fingerprint density at radius 2 is 1.84 bits per heavy atom. The number of rotatable bonds is 5. The van der Waals surface area contributed by atoms with Crippen molar-refractivity contribution in [3.8, 4) is 11.4 Å². The number of aromatic nitrogens is 3. The molecule has 2 heterocycles. The van der Waals surface area contributed by atoms with Crippen molar-refractivity contribution in [1.82, 2.24) is 20.3 Å². The van der Waals surface area contributed by atoms with Gasteiger partial charge in [0.25, 0.3) is 5.91 Å². The normalized spacial score (nSPS) is 18.2. The molecule has 2 atom stereocenters. The van der Waals surface area contributed by atoms with Crippen LogP contribution in [0.3, 0.4) is 0 Å². The number of carbonyl (C=O) groups excluding carboxylic acids is 1. The molecule has 0 aliphatic heterocycles. The number of nitrogens with zero attached hydrogens (tertiary/aromatic N) is 3. The van der Waals surface area contributed by atoms with Gasteiger partial charge in [0, 0.05) is 30.0 Å². The van der Waals surface area contributed by atoms with E-state index in [9.17, 15) is 9.18 Å². The number of nitrogens with one attached hydrogen (secondary N) is 2. The van der Waals surface area contributed by atoms with Crippen LogP contribution in [0, 0.1) is 5.82 Å². The fraction of sp³-hybridized carbons (Fsp3) is 0.217. The van der Waals surface area contributed by atoms with Gasteiger partial charge in [-0.1, -0.05) is 29.5 Å². The highest BCUT2D eigenvalue weighted by atomic mass is 32.1. The van der Waals surface area contributed by atoms with Gasteiger partial charge in [0.2, 0.25) is 0 Å². The van der Waals surface area contributed by atoms with Crippen LogP contribution >= 0.6 is 11.3 Å². The number of amides is 1. The first-order valence-corrected chi connectivity index (χ1v) is 11.0. The van der Waals surface area contributed by atoms with Gasteiger partial charge in [-0.05, 0) is 49.6 Å². The number of hydrogen-bond acceptors (Lipinski definition) is 6. The SMILES string of the molecule is O=C(N[C@@H]1CCC[C@@H]1Nc1nc2ccc(F)cc2s1)c1ccccc1-c1ncccn1. The Kier molecular flexibility index (Phi) is 5.30. The van der Waals surface area contributed by atoms with E-state index in [-0.39, 0.29) is 23.8 Å². The summed E-state index contributed by atoms with van der Waals surface area (Å²) >= 11 is 1.42. The van der Waals surface area contributed by atoms with Gasteiger partial charge in [-0.15, -0.1) is 0 Å². The Labute approximate surface area is 182 Å². The summed E-state index contributed by atoms with van der Waals surface area (Å²) in [6, 6.07) is 13.7. The fourth-order valence-corrected chi connectivity index (χ4v) is 4.94. The van der Waals surface area contributed by atoms with Crippen LogP contribution in [0.1, 0.15) is 29.6 Å². The first-order chi connectivity index (χ1) is 15.2. The van der Waals surface area contributed by atoms with E-state index in [1.165, 1.54) is 23.5 Å². The largest absolute Gasteiger partial charge is 0.357 e. The lowest BCUT2D eigenvalue weighted by Gasteiger charge is -2.22. The van der Waals surface area contributed by atoms with Crippen LogP contribution in [0.2, 0.25) is 0 Å². The Bertz CT molecular complexity index is 1230. The molecule has 6 nitrogen and oxygen atoms in total. The average molecular weight is 434 g/mol. The van der Waals surface area contributed by atoms with Crippen molar-refractivity contribution in [2.24, 2.45) is 0 Å². The van der Waals surface area contributed by atoms with Gasteiger partial charge in [0.05, 0.1) is 15.8 Å². The summed E-state index contributed by atoms with van der Waals surface area (Å²) < 4.78 is 14.3. The topological polar surface area (TPSA) is 79.8 Å². The van der Waals surface area contributed by atoms with Crippen molar-refractivity contribution < 1.29 is 9.18 Å². The zero-order valence-electron chi connectivity index (χ0n) is 16.6. The van der Waals surface area contributed by atoms with Crippen LogP contribution in [-0.4, -0.2) is 32.9 Å². The molecule has 0 bridgehead atoms. The molecule has 156 valence electrons. The lowest BCUT2D eigenvalue weighted by atomic mass is 10.0. The van der Waals surface area contributed by atoms with E-state index < -0.39 is 0 Å². The third kappa shape index (κ3) is 4.11. The zero-order valence-corrected chi connectivity index (χ0v) is 17.4. The Balaban J connectivity index is 1.33. The molecular weight excluding hydrogens is 413 g/mol. The predicted molar refractivity (Wildman–Crippen MR) is 120 cm³/mol. The van der Waals surface area contributed by atoms with Crippen LogP contribution in [-0.2, 0) is 0 Å². The number of carbonyl (C=O) groups is 1. The molecule has 31 heavy (non-hydrogen) atoms. The average Bonchev–Trinajstić information content (AvgIpc) is 3.40. The summed E-state index contributed by atoms with van der Waals surface area (Å²) in [7, 11) is 0. The first kappa shape index (κ1) is 19.6. The maximum Gasteiger partial charge on any atom is 0.252 e. The second-order valence-corrected chi connectivity index (χ2v) is 8.54. The van der Waals surface area contributed by atoms with Crippen LogP contribution in [0.5, 0.6) is 0 Å². The van der Waals surface area contributed by atoms with Crippen LogP contribution in [0.15, 0.2) is 60.9 Å². The summed E-state index contributed by atoms with van der Waals surface area (Å²) in [6.45, 7) is 0. The molecule has 1 aliphatic carbocycles. The Morgan fingerprint density at radius 3 is 2.71 bits per heavy atom. The van der Waals surface area contributed by atoms with E-state index in [1.807, 2.05) is 18.2 Å². The summed E-state index contributed by atoms with van der Waals surface area (Å²) in [5, 5.41) is 7.37. The molecular formula is C23H20FN5OS. The second-order valence-electron chi connectivity index (χ2n) is 7.51. The first-order valence-electron chi connectivity index (χ1n) is 10.2. The van der Waals surface area contributed by atoms with Gasteiger partial charge in [0.1, 0.15) is 5.82 Å². The molecule has 4 aromatic rings. The minimum atomic E-state index is -0.269. The van der Waals surface area contributed by atoms with E-state index in [0.717, 1.165) is 34.6 Å². The summed E-state index contributed by atoms with van der Waals surface area (Å²) in [4.78, 5) is 26.2. The number of fused-ring (bicyclic) bond motifs is 1. The number of hydrogen-bond donors (Lipinski definition) is 2. The highest BCUT2D eigenvalue weighted by molar-refractivity contribution is 7.22. The van der Waals surface area contributed by atoms with Crippen LogP contribution < -0.4 is 10.6 Å². The van der Waals surface area contributed by atoms with E-state index in [2.05, 4.69) is 25.6 Å². The summed E-state index contributed by atoms with van der Waals surface area (Å²) in [6.07, 6.45) is 6.15. The van der Waals surface area contributed by atoms with Gasteiger partial charge < -0.3 is 10.6 Å². The molecule has 1 amide bonds. The maximum atomic E-state index is 13.5.